The van der Waals surface area contributed by atoms with Gasteiger partial charge in [0, 0.05) is 25.1 Å². The van der Waals surface area contributed by atoms with Crippen molar-refractivity contribution in [2.75, 3.05) is 0 Å². The van der Waals surface area contributed by atoms with Gasteiger partial charge in [-0.3, -0.25) is 4.79 Å². The van der Waals surface area contributed by atoms with E-state index in [2.05, 4.69) is 48.0 Å². The molecule has 0 aliphatic rings. The molecule has 1 aromatic carbocycles. The summed E-state index contributed by atoms with van der Waals surface area (Å²) in [6.07, 6.45) is 2.58. The third-order valence-corrected chi connectivity index (χ3v) is 4.19. The molecule has 5 nitrogen and oxygen atoms in total. The molecule has 0 fully saturated rings. The number of rotatable bonds is 8. The maximum Gasteiger partial charge on any atom is 0.217 e. The van der Waals surface area contributed by atoms with Crippen molar-refractivity contribution in [1.82, 2.24) is 14.8 Å². The highest BCUT2D eigenvalue weighted by Crippen LogP contribution is 2.23. The van der Waals surface area contributed by atoms with Gasteiger partial charge in [-0.15, -0.1) is 16.8 Å². The number of aromatic nitrogens is 3. The van der Waals surface area contributed by atoms with Crippen LogP contribution in [0.2, 0.25) is 0 Å². The summed E-state index contributed by atoms with van der Waals surface area (Å²) < 4.78 is 1.98. The normalized spacial score (nSPS) is 10.6. The zero-order valence-electron chi connectivity index (χ0n) is 12.7. The molecule has 0 unspecified atom stereocenters. The Morgan fingerprint density at radius 3 is 2.95 bits per heavy atom. The summed E-state index contributed by atoms with van der Waals surface area (Å²) in [6.45, 7) is 6.47. The SMILES string of the molecule is C=CCn1c(CCC(N)=O)nnc1SCc1cccc(C)c1. The first-order valence-corrected chi connectivity index (χ1v) is 8.08. The Balaban J connectivity index is 2.09. The first kappa shape index (κ1) is 16.3. The Morgan fingerprint density at radius 1 is 1.45 bits per heavy atom. The van der Waals surface area contributed by atoms with Crippen LogP contribution in [0.4, 0.5) is 0 Å². The third kappa shape index (κ3) is 4.46. The van der Waals surface area contributed by atoms with Gasteiger partial charge in [0.25, 0.3) is 0 Å². The molecule has 0 atom stereocenters. The molecule has 0 aliphatic heterocycles. The summed E-state index contributed by atoms with van der Waals surface area (Å²) in [5, 5.41) is 9.23. The zero-order valence-corrected chi connectivity index (χ0v) is 13.5. The Hall–Kier alpha value is -2.08. The van der Waals surface area contributed by atoms with E-state index in [1.807, 2.05) is 4.57 Å². The minimum atomic E-state index is -0.331. The summed E-state index contributed by atoms with van der Waals surface area (Å²) in [5.74, 6) is 1.26. The largest absolute Gasteiger partial charge is 0.370 e. The summed E-state index contributed by atoms with van der Waals surface area (Å²) in [7, 11) is 0. The molecule has 0 spiro atoms. The number of hydrogen-bond acceptors (Lipinski definition) is 4. The molecule has 0 saturated heterocycles. The van der Waals surface area contributed by atoms with Crippen LogP contribution >= 0.6 is 11.8 Å². The van der Waals surface area contributed by atoms with Gasteiger partial charge in [0.05, 0.1) is 0 Å². The smallest absolute Gasteiger partial charge is 0.217 e. The van der Waals surface area contributed by atoms with Crippen molar-refractivity contribution in [3.63, 3.8) is 0 Å². The minimum absolute atomic E-state index is 0.276. The third-order valence-electron chi connectivity index (χ3n) is 3.15. The van der Waals surface area contributed by atoms with Gasteiger partial charge in [0.15, 0.2) is 5.16 Å². The zero-order chi connectivity index (χ0) is 15.9. The van der Waals surface area contributed by atoms with Gasteiger partial charge in [-0.2, -0.15) is 0 Å². The van der Waals surface area contributed by atoms with E-state index in [1.165, 1.54) is 11.1 Å². The van der Waals surface area contributed by atoms with Crippen molar-refractivity contribution in [1.29, 1.82) is 0 Å². The van der Waals surface area contributed by atoms with Crippen LogP contribution in [0.5, 0.6) is 0 Å². The maximum atomic E-state index is 10.9. The van der Waals surface area contributed by atoms with Gasteiger partial charge in [-0.1, -0.05) is 47.7 Å². The molecule has 2 N–H and O–H groups in total. The Labute approximate surface area is 134 Å². The minimum Gasteiger partial charge on any atom is -0.370 e. The number of hydrogen-bond donors (Lipinski definition) is 1. The second-order valence-electron chi connectivity index (χ2n) is 5.04. The van der Waals surface area contributed by atoms with Crippen molar-refractivity contribution < 1.29 is 4.79 Å². The first-order valence-electron chi connectivity index (χ1n) is 7.09. The Morgan fingerprint density at radius 2 is 2.27 bits per heavy atom. The van der Waals surface area contributed by atoms with E-state index in [4.69, 9.17) is 5.73 Å². The standard InChI is InChI=1S/C16H20N4OS/c1-3-9-20-15(8-7-14(17)21)18-19-16(20)22-11-13-6-4-5-12(2)10-13/h3-6,10H,1,7-9,11H2,2H3,(H2,17,21). The number of allylic oxidation sites excluding steroid dienone is 1. The Kier molecular flexibility index (Phi) is 5.77. The molecular weight excluding hydrogens is 296 g/mol. The second-order valence-corrected chi connectivity index (χ2v) is 5.98. The second kappa shape index (κ2) is 7.79. The molecule has 2 aromatic rings. The van der Waals surface area contributed by atoms with E-state index >= 15 is 0 Å². The lowest BCUT2D eigenvalue weighted by Gasteiger charge is -2.07. The summed E-state index contributed by atoms with van der Waals surface area (Å²) in [6, 6.07) is 8.39. The van der Waals surface area contributed by atoms with Gasteiger partial charge in [0.1, 0.15) is 5.82 Å². The van der Waals surface area contributed by atoms with Crippen LogP contribution in [0.15, 0.2) is 42.1 Å². The number of benzene rings is 1. The number of nitrogens with two attached hydrogens (primary N) is 1. The average molecular weight is 316 g/mol. The number of aryl methyl sites for hydroxylation is 2. The first-order chi connectivity index (χ1) is 10.6. The van der Waals surface area contributed by atoms with Gasteiger partial charge in [-0.25, -0.2) is 0 Å². The summed E-state index contributed by atoms with van der Waals surface area (Å²) in [5.41, 5.74) is 7.69. The number of thioether (sulfide) groups is 1. The number of carbonyl (C=O) groups is 1. The molecule has 0 radical (unpaired) electrons. The van der Waals surface area contributed by atoms with Gasteiger partial charge < -0.3 is 10.3 Å². The predicted molar refractivity (Wildman–Crippen MR) is 88.5 cm³/mol. The monoisotopic (exact) mass is 316 g/mol. The van der Waals surface area contributed by atoms with Crippen LogP contribution in [0.25, 0.3) is 0 Å². The summed E-state index contributed by atoms with van der Waals surface area (Å²) >= 11 is 1.63. The number of nitrogens with zero attached hydrogens (tertiary/aromatic N) is 3. The molecule has 1 heterocycles. The number of primary amides is 1. The quantitative estimate of drug-likeness (QED) is 0.600. The van der Waals surface area contributed by atoms with Crippen molar-refractivity contribution in [2.45, 2.75) is 37.2 Å². The molecule has 116 valence electrons. The highest BCUT2D eigenvalue weighted by atomic mass is 32.2. The molecule has 1 aromatic heterocycles. The van der Waals surface area contributed by atoms with E-state index in [-0.39, 0.29) is 12.3 Å². The van der Waals surface area contributed by atoms with Crippen molar-refractivity contribution in [3.8, 4) is 0 Å². The number of amides is 1. The lowest BCUT2D eigenvalue weighted by molar-refractivity contribution is -0.118. The average Bonchev–Trinajstić information content (AvgIpc) is 2.86. The van der Waals surface area contributed by atoms with E-state index < -0.39 is 0 Å². The molecule has 0 saturated carbocycles. The van der Waals surface area contributed by atoms with Crippen LogP contribution in [-0.2, 0) is 23.5 Å². The fraction of sp³-hybridized carbons (Fsp3) is 0.312. The fourth-order valence-electron chi connectivity index (χ4n) is 2.11. The van der Waals surface area contributed by atoms with Crippen LogP contribution in [0.1, 0.15) is 23.4 Å². The predicted octanol–water partition coefficient (Wildman–Crippen LogP) is 2.48. The van der Waals surface area contributed by atoms with E-state index in [0.717, 1.165) is 16.7 Å². The van der Waals surface area contributed by atoms with E-state index in [0.29, 0.717) is 13.0 Å². The molecule has 2 rings (SSSR count). The van der Waals surface area contributed by atoms with Crippen LogP contribution < -0.4 is 5.73 Å². The van der Waals surface area contributed by atoms with Crippen molar-refractivity contribution in [2.24, 2.45) is 5.73 Å². The van der Waals surface area contributed by atoms with E-state index in [9.17, 15) is 4.79 Å². The van der Waals surface area contributed by atoms with Gasteiger partial charge in [-0.05, 0) is 12.5 Å². The lowest BCUT2D eigenvalue weighted by Crippen LogP contribution is -2.13. The highest BCUT2D eigenvalue weighted by Gasteiger charge is 2.12. The van der Waals surface area contributed by atoms with Gasteiger partial charge >= 0.3 is 0 Å². The molecule has 1 amide bonds. The van der Waals surface area contributed by atoms with E-state index in [1.54, 1.807) is 17.8 Å². The highest BCUT2D eigenvalue weighted by molar-refractivity contribution is 7.98. The molecule has 22 heavy (non-hydrogen) atoms. The van der Waals surface area contributed by atoms with Crippen LogP contribution in [-0.4, -0.2) is 20.7 Å². The van der Waals surface area contributed by atoms with Crippen LogP contribution in [0, 0.1) is 6.92 Å². The number of carbonyl (C=O) groups excluding carboxylic acids is 1. The van der Waals surface area contributed by atoms with Crippen molar-refractivity contribution >= 4 is 17.7 Å². The van der Waals surface area contributed by atoms with Crippen molar-refractivity contribution in [3.05, 3.63) is 53.9 Å². The summed E-state index contributed by atoms with van der Waals surface area (Å²) in [4.78, 5) is 10.9. The molecule has 0 aliphatic carbocycles. The maximum absolute atomic E-state index is 10.9. The van der Waals surface area contributed by atoms with Gasteiger partial charge in [0.2, 0.25) is 5.91 Å². The fourth-order valence-corrected chi connectivity index (χ4v) is 3.02. The molecular formula is C16H20N4OS. The molecule has 6 heteroatoms. The lowest BCUT2D eigenvalue weighted by atomic mass is 10.2. The van der Waals surface area contributed by atoms with Crippen LogP contribution in [0.3, 0.4) is 0 Å². The topological polar surface area (TPSA) is 73.8 Å². The molecule has 0 bridgehead atoms. The Bertz CT molecular complexity index is 666.